The Morgan fingerprint density at radius 1 is 1.05 bits per heavy atom. The number of imidazole rings is 1. The second-order valence-electron chi connectivity index (χ2n) is 9.54. The van der Waals surface area contributed by atoms with Crippen LogP contribution >= 0.6 is 0 Å². The van der Waals surface area contributed by atoms with Crippen molar-refractivity contribution >= 4 is 28.8 Å². The standard InChI is InChI=1S/C30H25N7O3/c1-3-7-24(38)35-15-6-8-22(35)28-34-26(27-29-32-19(2)18-25(39)36(29)16-17-37(27)28)20-10-12-21(13-11-20)30(40)33-23-9-4-5-14-31-23/h4-5,9-14,16-18,22H,6,8,15H2,1-2H3,(H,31,33,40)/t22-/m0/s1. The number of fused-ring (bicyclic) bond motifs is 3. The van der Waals surface area contributed by atoms with Gasteiger partial charge in [-0.25, -0.2) is 15.0 Å². The third-order valence-corrected chi connectivity index (χ3v) is 6.97. The molecule has 10 heteroatoms. The zero-order chi connectivity index (χ0) is 27.8. The third kappa shape index (κ3) is 4.37. The number of likely N-dealkylation sites (tertiary alicyclic amines) is 1. The van der Waals surface area contributed by atoms with Crippen molar-refractivity contribution in [2.24, 2.45) is 0 Å². The fourth-order valence-electron chi connectivity index (χ4n) is 5.16. The number of carbonyl (C=O) groups is 2. The van der Waals surface area contributed by atoms with Crippen LogP contribution < -0.4 is 10.9 Å². The van der Waals surface area contributed by atoms with Crippen LogP contribution in [0.25, 0.3) is 22.4 Å². The number of aromatic nitrogens is 5. The summed E-state index contributed by atoms with van der Waals surface area (Å²) < 4.78 is 3.40. The maximum absolute atomic E-state index is 12.8. The van der Waals surface area contributed by atoms with E-state index in [1.807, 2.05) is 16.5 Å². The largest absolute Gasteiger partial charge is 0.322 e. The van der Waals surface area contributed by atoms with Crippen molar-refractivity contribution < 1.29 is 9.59 Å². The lowest BCUT2D eigenvalue weighted by Crippen LogP contribution is -2.30. The molecule has 1 fully saturated rings. The van der Waals surface area contributed by atoms with Gasteiger partial charge in [0.25, 0.3) is 17.4 Å². The number of rotatable bonds is 4. The van der Waals surface area contributed by atoms with Gasteiger partial charge in [-0.2, -0.15) is 0 Å². The molecule has 40 heavy (non-hydrogen) atoms. The topological polar surface area (TPSA) is 114 Å². The van der Waals surface area contributed by atoms with Gasteiger partial charge in [0.1, 0.15) is 22.9 Å². The summed E-state index contributed by atoms with van der Waals surface area (Å²) in [5.74, 6) is 5.96. The van der Waals surface area contributed by atoms with Crippen LogP contribution in [-0.4, -0.2) is 47.0 Å². The first-order chi connectivity index (χ1) is 19.4. The van der Waals surface area contributed by atoms with Crippen molar-refractivity contribution in [2.45, 2.75) is 32.7 Å². The predicted octanol–water partition coefficient (Wildman–Crippen LogP) is 3.65. The van der Waals surface area contributed by atoms with E-state index in [1.165, 1.54) is 10.5 Å². The Morgan fingerprint density at radius 3 is 2.60 bits per heavy atom. The number of nitrogens with zero attached hydrogens (tertiary/aromatic N) is 6. The molecule has 4 aromatic heterocycles. The molecule has 0 saturated carbocycles. The van der Waals surface area contributed by atoms with Crippen LogP contribution in [0.3, 0.4) is 0 Å². The first-order valence-corrected chi connectivity index (χ1v) is 12.9. The number of hydrogen-bond acceptors (Lipinski definition) is 6. The Morgan fingerprint density at radius 2 is 1.85 bits per heavy atom. The SMILES string of the molecule is CC#CC(=O)N1CCC[C@H]1c1nc(-c2ccc(C(=O)Nc3ccccn3)cc2)c2c3nc(C)cc(=O)n3ccn12. The molecule has 2 amide bonds. The van der Waals surface area contributed by atoms with E-state index >= 15 is 0 Å². The lowest BCUT2D eigenvalue weighted by molar-refractivity contribution is -0.126. The molecule has 1 aliphatic rings. The summed E-state index contributed by atoms with van der Waals surface area (Å²) in [5, 5.41) is 2.78. The van der Waals surface area contributed by atoms with Gasteiger partial charge in [-0.05, 0) is 56.9 Å². The van der Waals surface area contributed by atoms with Crippen LogP contribution in [0.4, 0.5) is 5.82 Å². The molecule has 0 bridgehead atoms. The summed E-state index contributed by atoms with van der Waals surface area (Å²) >= 11 is 0. The smallest absolute Gasteiger partial charge is 0.299 e. The van der Waals surface area contributed by atoms with E-state index in [-0.39, 0.29) is 23.4 Å². The molecular weight excluding hydrogens is 506 g/mol. The summed E-state index contributed by atoms with van der Waals surface area (Å²) in [5.41, 5.74) is 3.29. The highest BCUT2D eigenvalue weighted by Crippen LogP contribution is 2.36. The minimum atomic E-state index is -0.285. The second kappa shape index (κ2) is 10.1. The van der Waals surface area contributed by atoms with E-state index < -0.39 is 0 Å². The normalized spacial score (nSPS) is 14.8. The van der Waals surface area contributed by atoms with E-state index in [1.54, 1.807) is 67.7 Å². The van der Waals surface area contributed by atoms with Crippen LogP contribution in [0.2, 0.25) is 0 Å². The van der Waals surface area contributed by atoms with Gasteiger partial charge >= 0.3 is 0 Å². The third-order valence-electron chi connectivity index (χ3n) is 6.97. The highest BCUT2D eigenvalue weighted by Gasteiger charge is 2.33. The van der Waals surface area contributed by atoms with Gasteiger partial charge in [0.15, 0.2) is 5.65 Å². The fraction of sp³-hybridized carbons (Fsp3) is 0.200. The molecule has 1 atom stereocenters. The molecule has 198 valence electrons. The molecule has 6 rings (SSSR count). The highest BCUT2D eigenvalue weighted by molar-refractivity contribution is 6.04. The van der Waals surface area contributed by atoms with Crippen molar-refractivity contribution in [3.05, 3.63) is 94.6 Å². The molecule has 1 N–H and O–H groups in total. The molecule has 0 spiro atoms. The van der Waals surface area contributed by atoms with Crippen molar-refractivity contribution in [1.82, 2.24) is 28.7 Å². The first kappa shape index (κ1) is 25.0. The fourth-order valence-corrected chi connectivity index (χ4v) is 5.16. The van der Waals surface area contributed by atoms with Gasteiger partial charge in [-0.3, -0.25) is 23.2 Å². The Balaban J connectivity index is 1.49. The quantitative estimate of drug-likeness (QED) is 0.354. The van der Waals surface area contributed by atoms with E-state index in [0.717, 1.165) is 18.4 Å². The molecule has 1 saturated heterocycles. The van der Waals surface area contributed by atoms with E-state index in [4.69, 9.17) is 9.97 Å². The monoisotopic (exact) mass is 531 g/mol. The van der Waals surface area contributed by atoms with Crippen LogP contribution in [0.1, 0.15) is 47.7 Å². The van der Waals surface area contributed by atoms with Crippen LogP contribution in [0.15, 0.2) is 71.9 Å². The number of carbonyl (C=O) groups excluding carboxylic acids is 2. The number of benzene rings is 1. The van der Waals surface area contributed by atoms with Gasteiger partial charge < -0.3 is 10.2 Å². The zero-order valence-corrected chi connectivity index (χ0v) is 22.0. The summed E-state index contributed by atoms with van der Waals surface area (Å²) in [7, 11) is 0. The molecule has 1 aromatic carbocycles. The van der Waals surface area contributed by atoms with Crippen LogP contribution in [0, 0.1) is 18.8 Å². The number of amides is 2. The van der Waals surface area contributed by atoms with Crippen molar-refractivity contribution in [2.75, 3.05) is 11.9 Å². The van der Waals surface area contributed by atoms with Gasteiger partial charge in [-0.1, -0.05) is 24.1 Å². The maximum atomic E-state index is 12.8. The number of pyridine rings is 1. The molecule has 0 radical (unpaired) electrons. The highest BCUT2D eigenvalue weighted by atomic mass is 16.2. The van der Waals surface area contributed by atoms with Gasteiger partial charge in [0.2, 0.25) is 0 Å². The average Bonchev–Trinajstić information content (AvgIpc) is 3.59. The molecule has 5 aromatic rings. The predicted molar refractivity (Wildman–Crippen MR) is 150 cm³/mol. The van der Waals surface area contributed by atoms with E-state index in [9.17, 15) is 14.4 Å². The van der Waals surface area contributed by atoms with Gasteiger partial charge in [0, 0.05) is 48.0 Å². The van der Waals surface area contributed by atoms with E-state index in [2.05, 4.69) is 22.1 Å². The lowest BCUT2D eigenvalue weighted by atomic mass is 10.1. The number of hydrogen-bond donors (Lipinski definition) is 1. The average molecular weight is 532 g/mol. The van der Waals surface area contributed by atoms with E-state index in [0.29, 0.717) is 46.3 Å². The van der Waals surface area contributed by atoms with Crippen LogP contribution in [0.5, 0.6) is 0 Å². The molecule has 0 aliphatic carbocycles. The molecule has 10 nitrogen and oxygen atoms in total. The van der Waals surface area contributed by atoms with Crippen molar-refractivity contribution in [3.63, 3.8) is 0 Å². The number of aryl methyl sites for hydroxylation is 1. The minimum absolute atomic E-state index is 0.198. The maximum Gasteiger partial charge on any atom is 0.299 e. The summed E-state index contributed by atoms with van der Waals surface area (Å²) in [4.78, 5) is 54.0. The summed E-state index contributed by atoms with van der Waals surface area (Å²) in [6.07, 6.45) is 6.63. The molecule has 0 unspecified atom stereocenters. The summed E-state index contributed by atoms with van der Waals surface area (Å²) in [6.45, 7) is 4.01. The molecular formula is C30H25N7O3. The zero-order valence-electron chi connectivity index (χ0n) is 22.0. The Labute approximate surface area is 229 Å². The van der Waals surface area contributed by atoms with Crippen molar-refractivity contribution in [3.8, 4) is 23.1 Å². The van der Waals surface area contributed by atoms with Crippen molar-refractivity contribution in [1.29, 1.82) is 0 Å². The first-order valence-electron chi connectivity index (χ1n) is 12.9. The summed E-state index contributed by atoms with van der Waals surface area (Å²) in [6, 6.07) is 13.6. The Bertz CT molecular complexity index is 1900. The van der Waals surface area contributed by atoms with Crippen LogP contribution in [-0.2, 0) is 4.79 Å². The Hall–Kier alpha value is -5.30. The van der Waals surface area contributed by atoms with Gasteiger partial charge in [0.05, 0.1) is 6.04 Å². The Kier molecular flexibility index (Phi) is 6.32. The second-order valence-corrected chi connectivity index (χ2v) is 9.54. The number of anilines is 1. The molecule has 5 heterocycles. The lowest BCUT2D eigenvalue weighted by Gasteiger charge is -2.21. The minimum Gasteiger partial charge on any atom is -0.322 e. The number of nitrogens with one attached hydrogen (secondary N) is 1. The molecule has 1 aliphatic heterocycles. The van der Waals surface area contributed by atoms with Gasteiger partial charge in [-0.15, -0.1) is 0 Å².